The summed E-state index contributed by atoms with van der Waals surface area (Å²) in [5.41, 5.74) is 3.33. The summed E-state index contributed by atoms with van der Waals surface area (Å²) in [6.45, 7) is 4.08. The zero-order valence-electron chi connectivity index (χ0n) is 11.2. The van der Waals surface area contributed by atoms with Crippen molar-refractivity contribution in [3.05, 3.63) is 58.1 Å². The molecule has 0 saturated heterocycles. The first-order valence-electron chi connectivity index (χ1n) is 5.84. The van der Waals surface area contributed by atoms with Crippen LogP contribution in [0.1, 0.15) is 22.8 Å². The van der Waals surface area contributed by atoms with Gasteiger partial charge in [0, 0.05) is 24.1 Å². The van der Waals surface area contributed by atoms with E-state index >= 15 is 0 Å². The van der Waals surface area contributed by atoms with Crippen LogP contribution in [0, 0.1) is 13.8 Å². The second kappa shape index (κ2) is 7.01. The molecule has 0 amide bonds. The number of halogens is 2. The van der Waals surface area contributed by atoms with Gasteiger partial charge in [-0.25, -0.2) is 4.57 Å². The van der Waals surface area contributed by atoms with E-state index in [1.807, 2.05) is 50.4 Å². The van der Waals surface area contributed by atoms with Gasteiger partial charge in [-0.1, -0.05) is 23.7 Å². The minimum atomic E-state index is 0. The van der Waals surface area contributed by atoms with Crippen LogP contribution in [0.3, 0.4) is 0 Å². The quantitative estimate of drug-likeness (QED) is 0.538. The minimum Gasteiger partial charge on any atom is -1.00 e. The highest BCUT2D eigenvalue weighted by Crippen LogP contribution is 2.11. The molecule has 0 aliphatic rings. The SMILES string of the molecule is Cc1cc(C)[n+](C)c(/C=C\c2ccc(Cl)cc2)n1.[I-]. The summed E-state index contributed by atoms with van der Waals surface area (Å²) >= 11 is 5.86. The fourth-order valence-electron chi connectivity index (χ4n) is 1.76. The molecule has 4 heteroatoms. The molecule has 0 aliphatic carbocycles. The fraction of sp³-hybridized carbons (Fsp3) is 0.200. The van der Waals surface area contributed by atoms with Gasteiger partial charge in [-0.05, 0) is 35.7 Å². The highest BCUT2D eigenvalue weighted by atomic mass is 127. The van der Waals surface area contributed by atoms with Crippen molar-refractivity contribution in [3.63, 3.8) is 0 Å². The monoisotopic (exact) mass is 386 g/mol. The van der Waals surface area contributed by atoms with Gasteiger partial charge in [-0.3, -0.25) is 0 Å². The summed E-state index contributed by atoms with van der Waals surface area (Å²) in [5, 5.41) is 0.752. The Bertz CT molecular complexity index is 592. The van der Waals surface area contributed by atoms with E-state index in [-0.39, 0.29) is 24.0 Å². The first-order valence-corrected chi connectivity index (χ1v) is 6.22. The van der Waals surface area contributed by atoms with Crippen LogP contribution in [0.15, 0.2) is 30.3 Å². The molecule has 100 valence electrons. The molecule has 0 atom stereocenters. The Labute approximate surface area is 136 Å². The van der Waals surface area contributed by atoms with E-state index in [1.165, 1.54) is 5.69 Å². The second-order valence-electron chi connectivity index (χ2n) is 4.34. The summed E-state index contributed by atoms with van der Waals surface area (Å²) in [7, 11) is 2.02. The zero-order chi connectivity index (χ0) is 13.1. The van der Waals surface area contributed by atoms with Gasteiger partial charge in [-0.15, -0.1) is 0 Å². The van der Waals surface area contributed by atoms with Gasteiger partial charge in [0.1, 0.15) is 5.69 Å². The second-order valence-corrected chi connectivity index (χ2v) is 4.78. The molecule has 2 nitrogen and oxygen atoms in total. The maximum Gasteiger partial charge on any atom is 0.323 e. The number of hydrogen-bond donors (Lipinski definition) is 0. The van der Waals surface area contributed by atoms with Crippen LogP contribution in [-0.4, -0.2) is 4.98 Å². The normalized spacial score (nSPS) is 10.5. The third-order valence-electron chi connectivity index (χ3n) is 2.88. The number of rotatable bonds is 2. The van der Waals surface area contributed by atoms with Crippen LogP contribution < -0.4 is 28.5 Å². The molecule has 0 bridgehead atoms. The van der Waals surface area contributed by atoms with Crippen LogP contribution in [0.2, 0.25) is 5.02 Å². The molecule has 2 aromatic rings. The summed E-state index contributed by atoms with van der Waals surface area (Å²) in [6.07, 6.45) is 4.06. The van der Waals surface area contributed by atoms with Crippen molar-refractivity contribution >= 4 is 23.8 Å². The Morgan fingerprint density at radius 3 is 2.37 bits per heavy atom. The summed E-state index contributed by atoms with van der Waals surface area (Å²) < 4.78 is 2.07. The molecule has 0 spiro atoms. The lowest BCUT2D eigenvalue weighted by Gasteiger charge is -1.99. The third kappa shape index (κ3) is 4.28. The Balaban J connectivity index is 0.00000180. The third-order valence-corrected chi connectivity index (χ3v) is 3.13. The predicted molar refractivity (Wildman–Crippen MR) is 75.3 cm³/mol. The number of benzene rings is 1. The number of nitrogens with zero attached hydrogens (tertiary/aromatic N) is 2. The van der Waals surface area contributed by atoms with Crippen molar-refractivity contribution in [1.82, 2.24) is 4.98 Å². The maximum absolute atomic E-state index is 5.86. The molecule has 1 aromatic carbocycles. The van der Waals surface area contributed by atoms with E-state index in [4.69, 9.17) is 11.6 Å². The van der Waals surface area contributed by atoms with Crippen LogP contribution in [-0.2, 0) is 7.05 Å². The lowest BCUT2D eigenvalue weighted by molar-refractivity contribution is -0.682. The highest BCUT2D eigenvalue weighted by molar-refractivity contribution is 6.30. The van der Waals surface area contributed by atoms with E-state index in [2.05, 4.69) is 22.5 Å². The lowest BCUT2D eigenvalue weighted by Crippen LogP contribution is -3.00. The molecular weight excluding hydrogens is 371 g/mol. The molecule has 1 heterocycles. The van der Waals surface area contributed by atoms with E-state index < -0.39 is 0 Å². The average Bonchev–Trinajstić information content (AvgIpc) is 2.34. The predicted octanol–water partition coefficient (Wildman–Crippen LogP) is 0.351. The number of aryl methyl sites for hydroxylation is 2. The Kier molecular flexibility index (Phi) is 5.94. The van der Waals surface area contributed by atoms with E-state index in [1.54, 1.807) is 0 Å². The lowest BCUT2D eigenvalue weighted by atomic mass is 10.2. The fourth-order valence-corrected chi connectivity index (χ4v) is 1.89. The van der Waals surface area contributed by atoms with Crippen molar-refractivity contribution in [2.45, 2.75) is 13.8 Å². The number of hydrogen-bond acceptors (Lipinski definition) is 1. The standard InChI is InChI=1S/C15H16ClN2.HI/c1-11-10-12(2)18(3)15(17-11)9-6-13-4-7-14(16)8-5-13;/h4-10H,1-3H3;1H/q+1;/p-1/b9-6-;. The molecule has 0 unspecified atom stereocenters. The Hall–Kier alpha value is -0.940. The van der Waals surface area contributed by atoms with Crippen molar-refractivity contribution in [1.29, 1.82) is 0 Å². The Morgan fingerprint density at radius 1 is 1.11 bits per heavy atom. The van der Waals surface area contributed by atoms with Crippen LogP contribution in [0.4, 0.5) is 0 Å². The maximum atomic E-state index is 5.86. The van der Waals surface area contributed by atoms with Crippen LogP contribution >= 0.6 is 11.6 Å². The Morgan fingerprint density at radius 2 is 1.74 bits per heavy atom. The van der Waals surface area contributed by atoms with E-state index in [9.17, 15) is 0 Å². The molecule has 0 N–H and O–H groups in total. The van der Waals surface area contributed by atoms with Crippen LogP contribution in [0.5, 0.6) is 0 Å². The van der Waals surface area contributed by atoms with Gasteiger partial charge in [0.2, 0.25) is 0 Å². The first-order chi connectivity index (χ1) is 8.56. The van der Waals surface area contributed by atoms with Crippen molar-refractivity contribution in [2.75, 3.05) is 0 Å². The van der Waals surface area contributed by atoms with Gasteiger partial charge < -0.3 is 24.0 Å². The van der Waals surface area contributed by atoms with Gasteiger partial charge in [-0.2, -0.15) is 0 Å². The largest absolute Gasteiger partial charge is 1.00 e. The van der Waals surface area contributed by atoms with Gasteiger partial charge >= 0.3 is 5.82 Å². The molecule has 0 radical (unpaired) electrons. The summed E-state index contributed by atoms with van der Waals surface area (Å²) in [6, 6.07) is 9.81. The molecule has 0 fully saturated rings. The summed E-state index contributed by atoms with van der Waals surface area (Å²) in [5.74, 6) is 0.947. The topological polar surface area (TPSA) is 16.8 Å². The highest BCUT2D eigenvalue weighted by Gasteiger charge is 2.09. The smallest absolute Gasteiger partial charge is 0.323 e. The van der Waals surface area contributed by atoms with E-state index in [0.29, 0.717) is 0 Å². The first kappa shape index (κ1) is 16.1. The number of aromatic nitrogens is 2. The average molecular weight is 387 g/mol. The van der Waals surface area contributed by atoms with Crippen molar-refractivity contribution < 1.29 is 28.5 Å². The van der Waals surface area contributed by atoms with E-state index in [0.717, 1.165) is 22.1 Å². The summed E-state index contributed by atoms with van der Waals surface area (Å²) in [4.78, 5) is 4.52. The molecule has 0 saturated carbocycles. The molecule has 0 aliphatic heterocycles. The van der Waals surface area contributed by atoms with Crippen molar-refractivity contribution in [3.8, 4) is 0 Å². The van der Waals surface area contributed by atoms with Gasteiger partial charge in [0.15, 0.2) is 5.69 Å². The molecule has 1 aromatic heterocycles. The van der Waals surface area contributed by atoms with Gasteiger partial charge in [0.05, 0.1) is 7.05 Å². The minimum absolute atomic E-state index is 0. The molecule has 2 rings (SSSR count). The molecular formula is C15H16ClIN2. The molecule has 19 heavy (non-hydrogen) atoms. The van der Waals surface area contributed by atoms with Crippen molar-refractivity contribution in [2.24, 2.45) is 7.05 Å². The zero-order valence-corrected chi connectivity index (χ0v) is 14.1. The van der Waals surface area contributed by atoms with Gasteiger partial charge in [0.25, 0.3) is 0 Å². The van der Waals surface area contributed by atoms with Crippen LogP contribution in [0.25, 0.3) is 12.2 Å².